The van der Waals surface area contributed by atoms with Gasteiger partial charge in [-0.1, -0.05) is 18.2 Å². The minimum Gasteiger partial charge on any atom is -0.489 e. The summed E-state index contributed by atoms with van der Waals surface area (Å²) in [5.74, 6) is 0.708. The van der Waals surface area contributed by atoms with Crippen LogP contribution in [0.5, 0.6) is 5.75 Å². The van der Waals surface area contributed by atoms with Gasteiger partial charge in [0, 0.05) is 9.64 Å². The molecule has 2 aromatic carbocycles. The Morgan fingerprint density at radius 1 is 1.17 bits per heavy atom. The topological polar surface area (TPSA) is 52.4 Å². The summed E-state index contributed by atoms with van der Waals surface area (Å²) in [6, 6.07) is 14.1. The average molecular weight is 355 g/mol. The molecule has 0 N–H and O–H groups in total. The molecule has 0 radical (unpaired) electrons. The summed E-state index contributed by atoms with van der Waals surface area (Å²) in [6.07, 6.45) is 0. The van der Waals surface area contributed by atoms with E-state index in [9.17, 15) is 10.1 Å². The van der Waals surface area contributed by atoms with E-state index in [1.165, 1.54) is 6.07 Å². The summed E-state index contributed by atoms with van der Waals surface area (Å²) in [6.45, 7) is 0.192. The number of benzene rings is 2. The van der Waals surface area contributed by atoms with Crippen LogP contribution in [0.15, 0.2) is 48.5 Å². The molecule has 0 amide bonds. The van der Waals surface area contributed by atoms with Crippen molar-refractivity contribution in [2.75, 3.05) is 0 Å². The molecule has 0 bridgehead atoms. The molecule has 5 heteroatoms. The van der Waals surface area contributed by atoms with Gasteiger partial charge in [0.15, 0.2) is 0 Å². The highest BCUT2D eigenvalue weighted by atomic mass is 127. The first-order valence-corrected chi connectivity index (χ1v) is 6.35. The number of nitro groups is 1. The highest BCUT2D eigenvalue weighted by Gasteiger charge is 2.12. The number of nitrogens with zero attached hydrogens (tertiary/aromatic N) is 1. The zero-order chi connectivity index (χ0) is 13.0. The van der Waals surface area contributed by atoms with Gasteiger partial charge in [-0.25, -0.2) is 0 Å². The summed E-state index contributed by atoms with van der Waals surface area (Å²) >= 11 is 2.19. The fourth-order valence-corrected chi connectivity index (χ4v) is 2.04. The molecule has 0 atom stereocenters. The maximum absolute atomic E-state index is 10.8. The van der Waals surface area contributed by atoms with E-state index in [4.69, 9.17) is 4.74 Å². The number of nitro benzene ring substituents is 1. The lowest BCUT2D eigenvalue weighted by Crippen LogP contribution is -2.00. The van der Waals surface area contributed by atoms with Gasteiger partial charge in [-0.15, -0.1) is 0 Å². The molecule has 0 aliphatic heterocycles. The number of halogens is 1. The van der Waals surface area contributed by atoms with Crippen LogP contribution < -0.4 is 4.74 Å². The third-order valence-electron chi connectivity index (χ3n) is 2.38. The van der Waals surface area contributed by atoms with Crippen LogP contribution in [0.25, 0.3) is 0 Å². The van der Waals surface area contributed by atoms with Gasteiger partial charge >= 0.3 is 0 Å². The molecule has 18 heavy (non-hydrogen) atoms. The van der Waals surface area contributed by atoms with Crippen molar-refractivity contribution >= 4 is 28.3 Å². The molecule has 0 spiro atoms. The largest absolute Gasteiger partial charge is 0.489 e. The highest BCUT2D eigenvalue weighted by molar-refractivity contribution is 14.1. The Labute approximate surface area is 118 Å². The molecule has 92 valence electrons. The number of ether oxygens (including phenoxy) is 1. The van der Waals surface area contributed by atoms with Crippen LogP contribution in [0, 0.1) is 13.7 Å². The maximum atomic E-state index is 10.8. The summed E-state index contributed by atoms with van der Waals surface area (Å²) in [7, 11) is 0. The molecular weight excluding hydrogens is 345 g/mol. The van der Waals surface area contributed by atoms with Crippen molar-refractivity contribution in [3.63, 3.8) is 0 Å². The Morgan fingerprint density at radius 3 is 2.67 bits per heavy atom. The second kappa shape index (κ2) is 5.81. The van der Waals surface area contributed by atoms with Crippen LogP contribution in [0.2, 0.25) is 0 Å². The lowest BCUT2D eigenvalue weighted by molar-refractivity contribution is -0.385. The van der Waals surface area contributed by atoms with E-state index in [-0.39, 0.29) is 12.3 Å². The first kappa shape index (κ1) is 12.8. The maximum Gasteiger partial charge on any atom is 0.276 e. The van der Waals surface area contributed by atoms with E-state index in [1.54, 1.807) is 18.2 Å². The van der Waals surface area contributed by atoms with Gasteiger partial charge < -0.3 is 4.74 Å². The minimum absolute atomic E-state index is 0.0862. The predicted octanol–water partition coefficient (Wildman–Crippen LogP) is 3.78. The molecule has 2 rings (SSSR count). The van der Waals surface area contributed by atoms with Gasteiger partial charge in [-0.05, 0) is 46.9 Å². The lowest BCUT2D eigenvalue weighted by Gasteiger charge is -2.06. The normalized spacial score (nSPS) is 10.1. The van der Waals surface area contributed by atoms with Crippen molar-refractivity contribution in [3.8, 4) is 5.75 Å². The van der Waals surface area contributed by atoms with Crippen LogP contribution in [0.4, 0.5) is 5.69 Å². The van der Waals surface area contributed by atoms with Gasteiger partial charge in [0.25, 0.3) is 5.69 Å². The smallest absolute Gasteiger partial charge is 0.276 e. The predicted molar refractivity (Wildman–Crippen MR) is 76.6 cm³/mol. The van der Waals surface area contributed by atoms with Crippen molar-refractivity contribution in [3.05, 3.63) is 67.8 Å². The second-order valence-electron chi connectivity index (χ2n) is 3.63. The first-order valence-electron chi connectivity index (χ1n) is 5.27. The highest BCUT2D eigenvalue weighted by Crippen LogP contribution is 2.21. The fourth-order valence-electron chi connectivity index (χ4n) is 1.53. The Hall–Kier alpha value is -1.63. The van der Waals surface area contributed by atoms with Crippen molar-refractivity contribution in [1.82, 2.24) is 0 Å². The molecule has 0 unspecified atom stereocenters. The number of hydrogen-bond donors (Lipinski definition) is 0. The van der Waals surface area contributed by atoms with Gasteiger partial charge in [0.05, 0.1) is 10.5 Å². The molecule has 4 nitrogen and oxygen atoms in total. The van der Waals surface area contributed by atoms with E-state index in [1.807, 2.05) is 24.3 Å². The zero-order valence-electron chi connectivity index (χ0n) is 9.38. The second-order valence-corrected chi connectivity index (χ2v) is 4.88. The molecule has 0 aliphatic carbocycles. The molecule has 2 aromatic rings. The van der Waals surface area contributed by atoms with Crippen LogP contribution in [0.3, 0.4) is 0 Å². The van der Waals surface area contributed by atoms with Gasteiger partial charge in [-0.2, -0.15) is 0 Å². The van der Waals surface area contributed by atoms with E-state index in [0.29, 0.717) is 11.3 Å². The quantitative estimate of drug-likeness (QED) is 0.477. The Kier molecular flexibility index (Phi) is 4.14. The zero-order valence-corrected chi connectivity index (χ0v) is 11.5. The Balaban J connectivity index is 2.13. The summed E-state index contributed by atoms with van der Waals surface area (Å²) in [5.41, 5.74) is 0.657. The third-order valence-corrected chi connectivity index (χ3v) is 3.05. The summed E-state index contributed by atoms with van der Waals surface area (Å²) < 4.78 is 6.62. The van der Waals surface area contributed by atoms with E-state index in [0.717, 1.165) is 3.57 Å². The molecule has 0 aliphatic rings. The van der Waals surface area contributed by atoms with Crippen LogP contribution >= 0.6 is 22.6 Å². The SMILES string of the molecule is O=[N+]([O-])c1ccccc1COc1cccc(I)c1. The van der Waals surface area contributed by atoms with Crippen LogP contribution in [0.1, 0.15) is 5.56 Å². The van der Waals surface area contributed by atoms with Crippen molar-refractivity contribution < 1.29 is 9.66 Å². The summed E-state index contributed by atoms with van der Waals surface area (Å²) in [4.78, 5) is 10.4. The Bertz CT molecular complexity index is 572. The molecule has 0 saturated heterocycles. The summed E-state index contributed by atoms with van der Waals surface area (Å²) in [5, 5.41) is 10.8. The monoisotopic (exact) mass is 355 g/mol. The van der Waals surface area contributed by atoms with E-state index in [2.05, 4.69) is 22.6 Å². The van der Waals surface area contributed by atoms with Crippen molar-refractivity contribution in [1.29, 1.82) is 0 Å². The number of para-hydroxylation sites is 1. The van der Waals surface area contributed by atoms with Gasteiger partial charge in [0.2, 0.25) is 0 Å². The van der Waals surface area contributed by atoms with Crippen LogP contribution in [-0.2, 0) is 6.61 Å². The molecular formula is C13H10INO3. The van der Waals surface area contributed by atoms with Crippen molar-refractivity contribution in [2.45, 2.75) is 6.61 Å². The van der Waals surface area contributed by atoms with E-state index < -0.39 is 4.92 Å². The standard InChI is InChI=1S/C13H10INO3/c14-11-5-3-6-12(8-11)18-9-10-4-1-2-7-13(10)15(16)17/h1-8H,9H2. The van der Waals surface area contributed by atoms with E-state index >= 15 is 0 Å². The minimum atomic E-state index is -0.395. The lowest BCUT2D eigenvalue weighted by atomic mass is 10.2. The molecule has 0 heterocycles. The van der Waals surface area contributed by atoms with Crippen LogP contribution in [-0.4, -0.2) is 4.92 Å². The fraction of sp³-hybridized carbons (Fsp3) is 0.0769. The van der Waals surface area contributed by atoms with Gasteiger partial charge in [-0.3, -0.25) is 10.1 Å². The number of rotatable bonds is 4. The average Bonchev–Trinajstić information content (AvgIpc) is 2.37. The Morgan fingerprint density at radius 2 is 1.94 bits per heavy atom. The first-order chi connectivity index (χ1) is 8.66. The van der Waals surface area contributed by atoms with Gasteiger partial charge in [0.1, 0.15) is 12.4 Å². The molecule has 0 aromatic heterocycles. The molecule has 0 fully saturated rings. The third kappa shape index (κ3) is 3.19. The molecule has 0 saturated carbocycles. The number of hydrogen-bond acceptors (Lipinski definition) is 3. The van der Waals surface area contributed by atoms with Crippen molar-refractivity contribution in [2.24, 2.45) is 0 Å².